The molecule has 9 heteroatoms. The van der Waals surface area contributed by atoms with Crippen LogP contribution in [0, 0.1) is 0 Å². The first-order valence-corrected chi connectivity index (χ1v) is 12.3. The van der Waals surface area contributed by atoms with Gasteiger partial charge in [0.25, 0.3) is 0 Å². The zero-order valence-corrected chi connectivity index (χ0v) is 21.7. The Morgan fingerprint density at radius 1 is 1.00 bits per heavy atom. The molecule has 2 aromatic carbocycles. The number of ether oxygens (including phenoxy) is 1. The van der Waals surface area contributed by atoms with Crippen molar-refractivity contribution in [2.45, 2.75) is 63.8 Å². The van der Waals surface area contributed by atoms with Crippen molar-refractivity contribution in [3.63, 3.8) is 0 Å². The summed E-state index contributed by atoms with van der Waals surface area (Å²) in [6, 6.07) is 15.6. The highest BCUT2D eigenvalue weighted by atomic mass is 16.6. The average Bonchev–Trinajstić information content (AvgIpc) is 2.80. The number of amides is 3. The van der Waals surface area contributed by atoms with E-state index in [-0.39, 0.29) is 12.8 Å². The third kappa shape index (κ3) is 7.55. The van der Waals surface area contributed by atoms with Gasteiger partial charge in [-0.1, -0.05) is 60.7 Å². The Morgan fingerprint density at radius 2 is 1.54 bits per heavy atom. The minimum Gasteiger partial charge on any atom is -0.480 e. The Labute approximate surface area is 217 Å². The Morgan fingerprint density at radius 3 is 2.00 bits per heavy atom. The first-order chi connectivity index (χ1) is 17.5. The van der Waals surface area contributed by atoms with E-state index < -0.39 is 47.6 Å². The van der Waals surface area contributed by atoms with E-state index in [0.717, 1.165) is 11.1 Å². The van der Waals surface area contributed by atoms with Gasteiger partial charge in [0, 0.05) is 26.4 Å². The number of nitrogens with one attached hydrogen (secondary N) is 1. The van der Waals surface area contributed by atoms with E-state index in [2.05, 4.69) is 5.32 Å². The van der Waals surface area contributed by atoms with E-state index in [1.807, 2.05) is 60.7 Å². The molecule has 1 heterocycles. The largest absolute Gasteiger partial charge is 0.480 e. The number of hydrogen-bond donors (Lipinski definition) is 2. The minimum absolute atomic E-state index is 0.191. The zero-order valence-electron chi connectivity index (χ0n) is 21.7. The van der Waals surface area contributed by atoms with Crippen LogP contribution in [0.5, 0.6) is 0 Å². The first-order valence-electron chi connectivity index (χ1n) is 12.3. The molecule has 1 aliphatic heterocycles. The molecule has 1 aliphatic rings. The number of carboxylic acids is 1. The molecule has 1 saturated heterocycles. The molecule has 3 atom stereocenters. The number of carboxylic acid groups (broad SMARTS) is 1. The second-order valence-electron chi connectivity index (χ2n) is 10.2. The number of carbonyl (C=O) groups excluding carboxylic acids is 3. The van der Waals surface area contributed by atoms with Gasteiger partial charge in [-0.3, -0.25) is 9.59 Å². The van der Waals surface area contributed by atoms with Gasteiger partial charge in [0.1, 0.15) is 23.7 Å². The number of alkyl carbamates (subject to hydrolysis) is 1. The summed E-state index contributed by atoms with van der Waals surface area (Å²) in [6.45, 7) is 5.50. The molecule has 2 N–H and O–H groups in total. The molecule has 0 aromatic heterocycles. The van der Waals surface area contributed by atoms with Crippen molar-refractivity contribution >= 4 is 23.9 Å². The van der Waals surface area contributed by atoms with Gasteiger partial charge >= 0.3 is 12.1 Å². The second-order valence-corrected chi connectivity index (χ2v) is 10.2. The highest BCUT2D eigenvalue weighted by molar-refractivity contribution is 5.94. The molecule has 9 nitrogen and oxygen atoms in total. The number of rotatable bonds is 9. The van der Waals surface area contributed by atoms with E-state index in [9.17, 15) is 24.3 Å². The fourth-order valence-electron chi connectivity index (χ4n) is 4.23. The number of likely N-dealkylation sites (tertiary alicyclic amines) is 1. The Balaban J connectivity index is 1.88. The molecule has 0 bridgehead atoms. The lowest BCUT2D eigenvalue weighted by atomic mass is 9.97. The van der Waals surface area contributed by atoms with Crippen LogP contribution in [-0.4, -0.2) is 76.1 Å². The fourth-order valence-corrected chi connectivity index (χ4v) is 4.23. The van der Waals surface area contributed by atoms with Crippen LogP contribution in [-0.2, 0) is 32.0 Å². The van der Waals surface area contributed by atoms with E-state index in [1.165, 1.54) is 16.8 Å². The highest BCUT2D eigenvalue weighted by Crippen LogP contribution is 2.22. The van der Waals surface area contributed by atoms with Gasteiger partial charge in [-0.05, 0) is 38.3 Å². The maximum absolute atomic E-state index is 13.8. The van der Waals surface area contributed by atoms with E-state index in [4.69, 9.17) is 4.74 Å². The lowest BCUT2D eigenvalue weighted by Crippen LogP contribution is -2.62. The highest BCUT2D eigenvalue weighted by Gasteiger charge is 2.43. The number of nitrogens with zero attached hydrogens (tertiary/aromatic N) is 2. The maximum atomic E-state index is 13.8. The molecule has 0 spiro atoms. The lowest BCUT2D eigenvalue weighted by Gasteiger charge is -2.42. The molecule has 0 aliphatic carbocycles. The quantitative estimate of drug-likeness (QED) is 0.537. The summed E-state index contributed by atoms with van der Waals surface area (Å²) in [7, 11) is 1.51. The molecule has 37 heavy (non-hydrogen) atoms. The molecular formula is C28H35N3O6. The summed E-state index contributed by atoms with van der Waals surface area (Å²) in [6.07, 6.45) is 0.0228. The van der Waals surface area contributed by atoms with Crippen molar-refractivity contribution in [2.24, 2.45) is 0 Å². The van der Waals surface area contributed by atoms with Gasteiger partial charge < -0.3 is 25.0 Å². The third-order valence-electron chi connectivity index (χ3n) is 6.23. The number of benzene rings is 2. The Kier molecular flexibility index (Phi) is 8.91. The van der Waals surface area contributed by atoms with Gasteiger partial charge in [-0.2, -0.15) is 0 Å². The molecule has 3 amide bonds. The van der Waals surface area contributed by atoms with E-state index in [0.29, 0.717) is 13.0 Å². The second kappa shape index (κ2) is 11.9. The Hall–Kier alpha value is -3.88. The molecule has 0 unspecified atom stereocenters. The normalized spacial score (nSPS) is 16.6. The minimum atomic E-state index is -1.07. The molecular weight excluding hydrogens is 474 g/mol. The summed E-state index contributed by atoms with van der Waals surface area (Å²) in [4.78, 5) is 54.2. The Bertz CT molecular complexity index is 1100. The predicted molar refractivity (Wildman–Crippen MR) is 138 cm³/mol. The van der Waals surface area contributed by atoms with Gasteiger partial charge in [-0.15, -0.1) is 0 Å². The topological polar surface area (TPSA) is 116 Å². The van der Waals surface area contributed by atoms with Gasteiger partial charge in [0.05, 0.1) is 0 Å². The molecule has 3 rings (SSSR count). The van der Waals surface area contributed by atoms with Crippen molar-refractivity contribution in [3.8, 4) is 0 Å². The lowest BCUT2D eigenvalue weighted by molar-refractivity contribution is -0.161. The summed E-state index contributed by atoms with van der Waals surface area (Å²) in [5, 5.41) is 12.2. The smallest absolute Gasteiger partial charge is 0.408 e. The van der Waals surface area contributed by atoms with Crippen molar-refractivity contribution in [1.29, 1.82) is 0 Å². The van der Waals surface area contributed by atoms with E-state index in [1.54, 1.807) is 20.8 Å². The maximum Gasteiger partial charge on any atom is 0.408 e. The number of aliphatic carboxylic acids is 1. The van der Waals surface area contributed by atoms with Crippen LogP contribution in [0.4, 0.5) is 4.79 Å². The van der Waals surface area contributed by atoms with Gasteiger partial charge in [-0.25, -0.2) is 9.59 Å². The average molecular weight is 510 g/mol. The summed E-state index contributed by atoms with van der Waals surface area (Å²) >= 11 is 0. The van der Waals surface area contributed by atoms with Crippen LogP contribution in [0.3, 0.4) is 0 Å². The standard InChI is InChI=1S/C28H35N3O6/c1-28(2,3)37-27(36)29-21(17-19-11-7-5-8-12-19)24(32)30(4)23(18-20-13-9-6-10-14-20)25(33)31-16-15-22(31)26(34)35/h5-14,21-23H,15-18H2,1-4H3,(H,29,36)(H,34,35)/t21-,22-,23-/m0/s1. The van der Waals surface area contributed by atoms with Gasteiger partial charge in [0.2, 0.25) is 11.8 Å². The van der Waals surface area contributed by atoms with Crippen LogP contribution < -0.4 is 5.32 Å². The van der Waals surface area contributed by atoms with Crippen LogP contribution in [0.1, 0.15) is 38.3 Å². The molecule has 2 aromatic rings. The van der Waals surface area contributed by atoms with Crippen LogP contribution in [0.25, 0.3) is 0 Å². The monoisotopic (exact) mass is 509 g/mol. The van der Waals surface area contributed by atoms with Crippen molar-refractivity contribution in [3.05, 3.63) is 71.8 Å². The van der Waals surface area contributed by atoms with Crippen molar-refractivity contribution < 1.29 is 29.0 Å². The zero-order chi connectivity index (χ0) is 27.2. The summed E-state index contributed by atoms with van der Waals surface area (Å²) in [5.41, 5.74) is 0.892. The number of carbonyl (C=O) groups is 4. The van der Waals surface area contributed by atoms with Crippen molar-refractivity contribution in [2.75, 3.05) is 13.6 Å². The first kappa shape index (κ1) is 27.7. The summed E-state index contributed by atoms with van der Waals surface area (Å²) in [5.74, 6) is -1.98. The van der Waals surface area contributed by atoms with Crippen molar-refractivity contribution in [1.82, 2.24) is 15.1 Å². The molecule has 0 radical (unpaired) electrons. The molecule has 0 saturated carbocycles. The van der Waals surface area contributed by atoms with Crippen LogP contribution in [0.15, 0.2) is 60.7 Å². The van der Waals surface area contributed by atoms with Crippen LogP contribution >= 0.6 is 0 Å². The SMILES string of the molecule is CN(C(=O)[C@H](Cc1ccccc1)NC(=O)OC(C)(C)C)[C@@H](Cc1ccccc1)C(=O)N1CC[C@H]1C(=O)O. The molecule has 1 fully saturated rings. The third-order valence-corrected chi connectivity index (χ3v) is 6.23. The fraction of sp³-hybridized carbons (Fsp3) is 0.429. The summed E-state index contributed by atoms with van der Waals surface area (Å²) < 4.78 is 5.38. The van der Waals surface area contributed by atoms with Crippen LogP contribution in [0.2, 0.25) is 0 Å². The number of likely N-dealkylation sites (N-methyl/N-ethyl adjacent to an activating group) is 1. The predicted octanol–water partition coefficient (Wildman–Crippen LogP) is 2.88. The number of hydrogen-bond acceptors (Lipinski definition) is 5. The van der Waals surface area contributed by atoms with Gasteiger partial charge in [0.15, 0.2) is 0 Å². The van der Waals surface area contributed by atoms with E-state index >= 15 is 0 Å². The molecule has 198 valence electrons.